The molecule has 8 nitrogen and oxygen atoms in total. The van der Waals surface area contributed by atoms with Crippen molar-refractivity contribution in [2.24, 2.45) is 5.10 Å². The summed E-state index contributed by atoms with van der Waals surface area (Å²) in [7, 11) is 3.34. The van der Waals surface area contributed by atoms with Gasteiger partial charge >= 0.3 is 0 Å². The lowest BCUT2D eigenvalue weighted by molar-refractivity contribution is 0.0827. The maximum absolute atomic E-state index is 12.3. The van der Waals surface area contributed by atoms with Gasteiger partial charge in [0, 0.05) is 30.8 Å². The summed E-state index contributed by atoms with van der Waals surface area (Å²) in [6.07, 6.45) is 1.47. The molecule has 0 aliphatic carbocycles. The van der Waals surface area contributed by atoms with Gasteiger partial charge in [-0.05, 0) is 6.07 Å². The van der Waals surface area contributed by atoms with Crippen molar-refractivity contribution in [3.8, 4) is 17.3 Å². The molecule has 29 heavy (non-hydrogen) atoms. The summed E-state index contributed by atoms with van der Waals surface area (Å²) in [5.41, 5.74) is 4.02. The Hall–Kier alpha value is -4.25. The summed E-state index contributed by atoms with van der Waals surface area (Å²) in [5, 5.41) is 13.4. The molecule has 0 aliphatic heterocycles. The van der Waals surface area contributed by atoms with Crippen molar-refractivity contribution >= 4 is 18.1 Å². The second-order valence-corrected chi connectivity index (χ2v) is 6.27. The zero-order valence-electron chi connectivity index (χ0n) is 15.9. The number of nitriles is 1. The van der Waals surface area contributed by atoms with E-state index in [4.69, 9.17) is 0 Å². The molecule has 0 bridgehead atoms. The van der Waals surface area contributed by atoms with Gasteiger partial charge in [-0.1, -0.05) is 48.5 Å². The van der Waals surface area contributed by atoms with E-state index in [1.54, 1.807) is 62.6 Å². The zero-order chi connectivity index (χ0) is 20.8. The molecule has 1 aromatic heterocycles. The predicted molar refractivity (Wildman–Crippen MR) is 111 cm³/mol. The molecule has 3 rings (SSSR count). The third-order valence-electron chi connectivity index (χ3n) is 4.05. The van der Waals surface area contributed by atoms with Crippen molar-refractivity contribution in [2.75, 3.05) is 19.5 Å². The first-order valence-corrected chi connectivity index (χ1v) is 8.71. The summed E-state index contributed by atoms with van der Waals surface area (Å²) in [6.45, 7) is 0. The highest BCUT2D eigenvalue weighted by Gasteiger charge is 2.13. The minimum absolute atomic E-state index is 0.0762. The molecule has 8 heteroatoms. The summed E-state index contributed by atoms with van der Waals surface area (Å²) in [4.78, 5) is 32.8. The maximum Gasteiger partial charge on any atom is 0.270 e. The molecule has 0 atom stereocenters. The Morgan fingerprint density at radius 3 is 2.55 bits per heavy atom. The predicted octanol–water partition coefficient (Wildman–Crippen LogP) is 2.46. The third kappa shape index (κ3) is 4.36. The van der Waals surface area contributed by atoms with Gasteiger partial charge < -0.3 is 4.90 Å². The summed E-state index contributed by atoms with van der Waals surface area (Å²) < 4.78 is 0. The molecular weight excluding hydrogens is 368 g/mol. The summed E-state index contributed by atoms with van der Waals surface area (Å²) in [6, 6.07) is 17.9. The average Bonchev–Trinajstić information content (AvgIpc) is 2.73. The number of nitrogens with zero attached hydrogens (tertiary/aromatic N) is 4. The summed E-state index contributed by atoms with van der Waals surface area (Å²) in [5.74, 6) is -0.0659. The molecule has 3 aromatic rings. The quantitative estimate of drug-likeness (QED) is 0.516. The standard InChI is InChI=1S/C21H18N6O2/c1-27(2)20(29)16-11-7-6-10-15(16)13-23-26-21-24-18(14-8-4-3-5-9-14)17(12-22)19(28)25-21/h3-11,13H,1-2H3,(H2,24,25,26,28). The number of hydrogen-bond donors (Lipinski definition) is 2. The van der Waals surface area contributed by atoms with E-state index in [9.17, 15) is 14.9 Å². The van der Waals surface area contributed by atoms with Crippen LogP contribution in [0, 0.1) is 11.3 Å². The highest BCUT2D eigenvalue weighted by Crippen LogP contribution is 2.19. The van der Waals surface area contributed by atoms with Crippen molar-refractivity contribution < 1.29 is 4.79 Å². The minimum atomic E-state index is -0.567. The first-order valence-electron chi connectivity index (χ1n) is 8.71. The Morgan fingerprint density at radius 1 is 1.17 bits per heavy atom. The SMILES string of the molecule is CN(C)C(=O)c1ccccc1C=NNc1nc(-c2ccccc2)c(C#N)c(=O)[nH]1. The number of anilines is 1. The third-order valence-corrected chi connectivity index (χ3v) is 4.05. The number of aromatic nitrogens is 2. The van der Waals surface area contributed by atoms with E-state index in [0.717, 1.165) is 0 Å². The molecular formula is C21H18N6O2. The van der Waals surface area contributed by atoms with Crippen LogP contribution in [0.4, 0.5) is 5.95 Å². The average molecular weight is 386 g/mol. The number of rotatable bonds is 5. The van der Waals surface area contributed by atoms with Gasteiger partial charge in [0.25, 0.3) is 11.5 Å². The van der Waals surface area contributed by atoms with E-state index in [1.165, 1.54) is 11.1 Å². The highest BCUT2D eigenvalue weighted by atomic mass is 16.2. The molecule has 0 spiro atoms. The van der Waals surface area contributed by atoms with E-state index in [-0.39, 0.29) is 23.1 Å². The molecule has 0 radical (unpaired) electrons. The van der Waals surface area contributed by atoms with Crippen LogP contribution < -0.4 is 11.0 Å². The molecule has 1 amide bonds. The molecule has 0 aliphatic rings. The topological polar surface area (TPSA) is 114 Å². The monoisotopic (exact) mass is 386 g/mol. The Bertz CT molecular complexity index is 1160. The Labute approximate surface area is 167 Å². The number of amides is 1. The van der Waals surface area contributed by atoms with Gasteiger partial charge in [-0.25, -0.2) is 10.4 Å². The van der Waals surface area contributed by atoms with Crippen LogP contribution in [-0.4, -0.2) is 41.1 Å². The smallest absolute Gasteiger partial charge is 0.270 e. The van der Waals surface area contributed by atoms with Crippen molar-refractivity contribution in [3.63, 3.8) is 0 Å². The largest absolute Gasteiger partial charge is 0.345 e. The number of benzene rings is 2. The fourth-order valence-electron chi connectivity index (χ4n) is 2.64. The first kappa shape index (κ1) is 19.5. The fourth-order valence-corrected chi connectivity index (χ4v) is 2.64. The van der Waals surface area contributed by atoms with Crippen LogP contribution in [0.3, 0.4) is 0 Å². The van der Waals surface area contributed by atoms with Crippen LogP contribution in [0.5, 0.6) is 0 Å². The normalized spacial score (nSPS) is 10.5. The first-order chi connectivity index (χ1) is 14.0. The van der Waals surface area contributed by atoms with Gasteiger partial charge in [0.1, 0.15) is 11.6 Å². The van der Waals surface area contributed by atoms with E-state index in [0.29, 0.717) is 16.7 Å². The van der Waals surface area contributed by atoms with Gasteiger partial charge in [0.05, 0.1) is 11.9 Å². The summed E-state index contributed by atoms with van der Waals surface area (Å²) >= 11 is 0. The number of H-pyrrole nitrogens is 1. The number of hydrogen-bond acceptors (Lipinski definition) is 6. The van der Waals surface area contributed by atoms with Crippen molar-refractivity contribution in [3.05, 3.63) is 81.6 Å². The van der Waals surface area contributed by atoms with E-state index in [2.05, 4.69) is 20.5 Å². The van der Waals surface area contributed by atoms with Gasteiger partial charge in [0.15, 0.2) is 0 Å². The van der Waals surface area contributed by atoms with Crippen molar-refractivity contribution in [1.82, 2.24) is 14.9 Å². The van der Waals surface area contributed by atoms with Gasteiger partial charge in [0.2, 0.25) is 5.95 Å². The molecule has 2 N–H and O–H groups in total. The van der Waals surface area contributed by atoms with Crippen molar-refractivity contribution in [1.29, 1.82) is 5.26 Å². The van der Waals surface area contributed by atoms with Gasteiger partial charge in [-0.2, -0.15) is 10.4 Å². The molecule has 0 fully saturated rings. The zero-order valence-corrected chi connectivity index (χ0v) is 15.9. The molecule has 2 aromatic carbocycles. The minimum Gasteiger partial charge on any atom is -0.345 e. The van der Waals surface area contributed by atoms with E-state index < -0.39 is 5.56 Å². The lowest BCUT2D eigenvalue weighted by Crippen LogP contribution is -2.23. The Balaban J connectivity index is 1.91. The molecule has 0 unspecified atom stereocenters. The van der Waals surface area contributed by atoms with Gasteiger partial charge in [-0.3, -0.25) is 14.6 Å². The van der Waals surface area contributed by atoms with E-state index >= 15 is 0 Å². The number of carbonyl (C=O) groups is 1. The molecule has 1 heterocycles. The van der Waals surface area contributed by atoms with Crippen molar-refractivity contribution in [2.45, 2.75) is 0 Å². The number of hydrazone groups is 1. The molecule has 0 saturated carbocycles. The Kier molecular flexibility index (Phi) is 5.80. The van der Waals surface area contributed by atoms with Crippen LogP contribution in [0.25, 0.3) is 11.3 Å². The fraction of sp³-hybridized carbons (Fsp3) is 0.0952. The van der Waals surface area contributed by atoms with Crippen LogP contribution in [-0.2, 0) is 0 Å². The van der Waals surface area contributed by atoms with E-state index in [1.807, 2.05) is 12.1 Å². The highest BCUT2D eigenvalue weighted by molar-refractivity contribution is 6.02. The van der Waals surface area contributed by atoms with Crippen LogP contribution >= 0.6 is 0 Å². The van der Waals surface area contributed by atoms with Crippen LogP contribution in [0.15, 0.2) is 64.5 Å². The second kappa shape index (κ2) is 8.63. The Morgan fingerprint density at radius 2 is 1.86 bits per heavy atom. The lowest BCUT2D eigenvalue weighted by Gasteiger charge is -2.12. The number of aromatic amines is 1. The molecule has 0 saturated heterocycles. The second-order valence-electron chi connectivity index (χ2n) is 6.27. The maximum atomic E-state index is 12.3. The number of carbonyl (C=O) groups excluding carboxylic acids is 1. The van der Waals surface area contributed by atoms with Crippen LogP contribution in [0.2, 0.25) is 0 Å². The molecule has 144 valence electrons. The van der Waals surface area contributed by atoms with Crippen LogP contribution in [0.1, 0.15) is 21.5 Å². The number of nitrogens with one attached hydrogen (secondary N) is 2. The lowest BCUT2D eigenvalue weighted by atomic mass is 10.1. The van der Waals surface area contributed by atoms with Gasteiger partial charge in [-0.15, -0.1) is 0 Å².